The van der Waals surface area contributed by atoms with Crippen LogP contribution in [0, 0.1) is 16.7 Å². The second-order valence-electron chi connectivity index (χ2n) is 5.23. The zero-order valence-corrected chi connectivity index (χ0v) is 14.8. The molecule has 0 saturated carbocycles. The van der Waals surface area contributed by atoms with Crippen molar-refractivity contribution in [1.82, 2.24) is 0 Å². The monoisotopic (exact) mass is 401 g/mol. The van der Waals surface area contributed by atoms with E-state index >= 15 is 0 Å². The average molecular weight is 403 g/mol. The summed E-state index contributed by atoms with van der Waals surface area (Å²) in [5.41, 5.74) is 0.319. The number of unbranched alkanes of at least 4 members (excludes halogenated alkanes) is 1. The Kier molecular flexibility index (Phi) is 6.70. The molecule has 0 aliphatic heterocycles. The molecule has 0 radical (unpaired) electrons. The van der Waals surface area contributed by atoms with E-state index in [0.29, 0.717) is 17.9 Å². The Bertz CT molecular complexity index is 498. The number of benzene rings is 1. The van der Waals surface area contributed by atoms with E-state index in [9.17, 15) is 4.79 Å². The molecule has 108 valence electrons. The molecule has 0 unspecified atom stereocenters. The maximum atomic E-state index is 10.7. The highest BCUT2D eigenvalue weighted by atomic mass is 79.9. The van der Waals surface area contributed by atoms with Crippen molar-refractivity contribution in [3.63, 3.8) is 0 Å². The van der Waals surface area contributed by atoms with Gasteiger partial charge in [0, 0.05) is 5.56 Å². The number of nitriles is 1. The number of ether oxygens (including phenoxy) is 1. The second-order valence-corrected chi connectivity index (χ2v) is 6.94. The second kappa shape index (κ2) is 7.80. The van der Waals surface area contributed by atoms with Crippen LogP contribution in [-0.4, -0.2) is 12.9 Å². The first-order valence-electron chi connectivity index (χ1n) is 6.38. The van der Waals surface area contributed by atoms with Gasteiger partial charge in [0.1, 0.15) is 12.0 Å². The van der Waals surface area contributed by atoms with Crippen molar-refractivity contribution in [1.29, 1.82) is 5.26 Å². The third kappa shape index (κ3) is 5.26. The molecular formula is C15H17Br2NO2. The Morgan fingerprint density at radius 2 is 1.90 bits per heavy atom. The van der Waals surface area contributed by atoms with Gasteiger partial charge in [-0.15, -0.1) is 0 Å². The molecule has 0 spiro atoms. The van der Waals surface area contributed by atoms with Crippen LogP contribution in [0.3, 0.4) is 0 Å². The van der Waals surface area contributed by atoms with Crippen molar-refractivity contribution in [3.05, 3.63) is 26.6 Å². The normalized spacial score (nSPS) is 10.9. The van der Waals surface area contributed by atoms with E-state index < -0.39 is 0 Å². The van der Waals surface area contributed by atoms with Gasteiger partial charge in [-0.1, -0.05) is 0 Å². The number of carbonyl (C=O) groups is 1. The van der Waals surface area contributed by atoms with Crippen molar-refractivity contribution in [2.24, 2.45) is 5.41 Å². The number of nitrogens with zero attached hydrogens (tertiary/aromatic N) is 1. The van der Waals surface area contributed by atoms with E-state index in [1.54, 1.807) is 12.1 Å². The van der Waals surface area contributed by atoms with Crippen LogP contribution in [-0.2, 0) is 0 Å². The van der Waals surface area contributed by atoms with Crippen LogP contribution in [0.4, 0.5) is 0 Å². The molecule has 0 aliphatic carbocycles. The predicted molar refractivity (Wildman–Crippen MR) is 86.0 cm³/mol. The van der Waals surface area contributed by atoms with Crippen LogP contribution >= 0.6 is 31.9 Å². The Labute approximate surface area is 136 Å². The topological polar surface area (TPSA) is 50.1 Å². The molecule has 1 rings (SSSR count). The van der Waals surface area contributed by atoms with Gasteiger partial charge in [0.25, 0.3) is 0 Å². The standard InChI is InChI=1S/C15H17Br2NO2/c1-15(2,10-18)5-3-4-6-20-14-12(16)7-11(9-19)8-13(14)17/h7-9H,3-6H2,1-2H3. The molecule has 0 bridgehead atoms. The summed E-state index contributed by atoms with van der Waals surface area (Å²) in [6, 6.07) is 5.75. The lowest BCUT2D eigenvalue weighted by atomic mass is 9.89. The molecule has 0 fully saturated rings. The van der Waals surface area contributed by atoms with Crippen molar-refractivity contribution >= 4 is 38.1 Å². The Morgan fingerprint density at radius 1 is 1.30 bits per heavy atom. The van der Waals surface area contributed by atoms with Gasteiger partial charge < -0.3 is 4.74 Å². The molecule has 0 aromatic heterocycles. The molecule has 1 aromatic rings. The number of carbonyl (C=O) groups excluding carboxylic acids is 1. The van der Waals surface area contributed by atoms with Crippen LogP contribution in [0.25, 0.3) is 0 Å². The lowest BCUT2D eigenvalue weighted by Gasteiger charge is -2.15. The molecule has 3 nitrogen and oxygen atoms in total. The van der Waals surface area contributed by atoms with Crippen molar-refractivity contribution in [2.45, 2.75) is 33.1 Å². The zero-order chi connectivity index (χ0) is 15.2. The van der Waals surface area contributed by atoms with Gasteiger partial charge in [0.05, 0.1) is 27.0 Å². The van der Waals surface area contributed by atoms with Gasteiger partial charge >= 0.3 is 0 Å². The maximum Gasteiger partial charge on any atom is 0.150 e. The van der Waals surface area contributed by atoms with Gasteiger partial charge in [0.2, 0.25) is 0 Å². The molecule has 20 heavy (non-hydrogen) atoms. The molecule has 0 amide bonds. The van der Waals surface area contributed by atoms with Gasteiger partial charge in [-0.3, -0.25) is 4.79 Å². The fourth-order valence-electron chi connectivity index (χ4n) is 1.68. The summed E-state index contributed by atoms with van der Waals surface area (Å²) < 4.78 is 7.23. The number of hydrogen-bond donors (Lipinski definition) is 0. The SMILES string of the molecule is CC(C)(C#N)CCCCOc1c(Br)cc(C=O)cc1Br. The van der Waals surface area contributed by atoms with E-state index in [-0.39, 0.29) is 5.41 Å². The molecule has 5 heteroatoms. The van der Waals surface area contributed by atoms with Crippen LogP contribution in [0.2, 0.25) is 0 Å². The minimum Gasteiger partial charge on any atom is -0.491 e. The van der Waals surface area contributed by atoms with Gasteiger partial charge in [-0.05, 0) is 77.1 Å². The van der Waals surface area contributed by atoms with Crippen molar-refractivity contribution in [2.75, 3.05) is 6.61 Å². The number of halogens is 2. The van der Waals surface area contributed by atoms with E-state index in [1.165, 1.54) is 0 Å². The summed E-state index contributed by atoms with van der Waals surface area (Å²) in [6.45, 7) is 4.47. The Hall–Kier alpha value is -0.860. The fourth-order valence-corrected chi connectivity index (χ4v) is 3.14. The van der Waals surface area contributed by atoms with Crippen molar-refractivity contribution < 1.29 is 9.53 Å². The first-order chi connectivity index (χ1) is 9.39. The van der Waals surface area contributed by atoms with Gasteiger partial charge in [0.15, 0.2) is 0 Å². The highest BCUT2D eigenvalue weighted by Crippen LogP contribution is 2.34. The van der Waals surface area contributed by atoms with E-state index in [1.807, 2.05) is 13.8 Å². The van der Waals surface area contributed by atoms with E-state index in [2.05, 4.69) is 37.9 Å². The summed E-state index contributed by atoms with van der Waals surface area (Å²) in [7, 11) is 0. The Balaban J connectivity index is 2.47. The fraction of sp³-hybridized carbons (Fsp3) is 0.467. The molecule has 1 aromatic carbocycles. The lowest BCUT2D eigenvalue weighted by Crippen LogP contribution is -2.08. The quantitative estimate of drug-likeness (QED) is 0.469. The zero-order valence-electron chi connectivity index (χ0n) is 11.6. The lowest BCUT2D eigenvalue weighted by molar-refractivity contribution is 0.112. The van der Waals surface area contributed by atoms with Crippen LogP contribution in [0.1, 0.15) is 43.5 Å². The maximum absolute atomic E-state index is 10.7. The molecule has 0 atom stereocenters. The molecular weight excluding hydrogens is 386 g/mol. The van der Waals surface area contributed by atoms with Crippen LogP contribution < -0.4 is 4.74 Å². The molecule has 0 saturated heterocycles. The summed E-state index contributed by atoms with van der Waals surface area (Å²) in [5, 5.41) is 8.93. The summed E-state index contributed by atoms with van der Waals surface area (Å²) >= 11 is 6.79. The van der Waals surface area contributed by atoms with E-state index in [0.717, 1.165) is 34.5 Å². The third-order valence-electron chi connectivity index (χ3n) is 2.90. The minimum atomic E-state index is -0.271. The van der Waals surface area contributed by atoms with Gasteiger partial charge in [-0.25, -0.2) is 0 Å². The summed E-state index contributed by atoms with van der Waals surface area (Å²) in [4.78, 5) is 10.7. The average Bonchev–Trinajstić information content (AvgIpc) is 2.40. The third-order valence-corrected chi connectivity index (χ3v) is 4.08. The minimum absolute atomic E-state index is 0.271. The smallest absolute Gasteiger partial charge is 0.150 e. The number of aldehydes is 1. The number of rotatable bonds is 7. The summed E-state index contributed by atoms with van der Waals surface area (Å²) in [5.74, 6) is 0.704. The molecule has 0 aliphatic rings. The molecule has 0 heterocycles. The Morgan fingerprint density at radius 3 is 2.40 bits per heavy atom. The largest absolute Gasteiger partial charge is 0.491 e. The molecule has 0 N–H and O–H groups in total. The van der Waals surface area contributed by atoms with Crippen LogP contribution in [0.15, 0.2) is 21.1 Å². The first kappa shape index (κ1) is 17.2. The summed E-state index contributed by atoms with van der Waals surface area (Å²) in [6.07, 6.45) is 3.49. The number of hydrogen-bond acceptors (Lipinski definition) is 3. The van der Waals surface area contributed by atoms with Crippen LogP contribution in [0.5, 0.6) is 5.75 Å². The first-order valence-corrected chi connectivity index (χ1v) is 7.96. The van der Waals surface area contributed by atoms with E-state index in [4.69, 9.17) is 10.00 Å². The highest BCUT2D eigenvalue weighted by Gasteiger charge is 2.15. The van der Waals surface area contributed by atoms with Crippen molar-refractivity contribution in [3.8, 4) is 11.8 Å². The van der Waals surface area contributed by atoms with Gasteiger partial charge in [-0.2, -0.15) is 5.26 Å². The highest BCUT2D eigenvalue weighted by molar-refractivity contribution is 9.11. The predicted octanol–water partition coefficient (Wildman–Crippen LogP) is 5.12.